The fourth-order valence-corrected chi connectivity index (χ4v) is 4.02. The number of ether oxygens (including phenoxy) is 2. The molecule has 0 aliphatic heterocycles. The van der Waals surface area contributed by atoms with Gasteiger partial charge in [0.2, 0.25) is 0 Å². The topological polar surface area (TPSA) is 84.9 Å². The lowest BCUT2D eigenvalue weighted by Gasteiger charge is -2.20. The van der Waals surface area contributed by atoms with Gasteiger partial charge in [0, 0.05) is 12.1 Å². The van der Waals surface area contributed by atoms with Gasteiger partial charge >= 0.3 is 12.3 Å². The molecule has 0 saturated heterocycles. The monoisotopic (exact) mass is 543 g/mol. The molecule has 39 heavy (non-hydrogen) atoms. The van der Waals surface area contributed by atoms with E-state index in [1.54, 1.807) is 24.3 Å². The minimum atomic E-state index is -4.73. The summed E-state index contributed by atoms with van der Waals surface area (Å²) in [6.45, 7) is 2.20. The number of carbonyl (C=O) groups is 2. The number of hydrogen-bond donors (Lipinski definition) is 2. The van der Waals surface area contributed by atoms with E-state index in [9.17, 15) is 22.8 Å². The SMILES string of the molecule is CCCCCCC(Oc1ccc(-c2ccc(OC(F)(F)F)cc2)cc1)c1ccc(C(=O)NCCC(=O)O)cc1. The molecule has 9 heteroatoms. The molecule has 1 atom stereocenters. The van der Waals surface area contributed by atoms with Crippen molar-refractivity contribution in [2.75, 3.05) is 6.54 Å². The summed E-state index contributed by atoms with van der Waals surface area (Å²) in [6, 6.07) is 20.1. The molecule has 0 heterocycles. The standard InChI is InChI=1S/C30H32F3NO5/c1-2-3-4-5-6-27(23-7-9-24(10-8-23)29(37)34-20-19-28(35)36)38-25-15-11-21(12-16-25)22-13-17-26(18-14-22)39-30(31,32)33/h7-18,27H,2-6,19-20H2,1H3,(H,34,37)(H,35,36). The van der Waals surface area contributed by atoms with Crippen LogP contribution in [0.2, 0.25) is 0 Å². The predicted octanol–water partition coefficient (Wildman–Crippen LogP) is 7.55. The quantitative estimate of drug-likeness (QED) is 0.205. The van der Waals surface area contributed by atoms with Crippen LogP contribution in [-0.4, -0.2) is 29.9 Å². The molecule has 0 bridgehead atoms. The normalized spacial score (nSPS) is 12.0. The molecule has 0 aliphatic rings. The first kappa shape index (κ1) is 29.5. The lowest BCUT2D eigenvalue weighted by atomic mass is 10.0. The summed E-state index contributed by atoms with van der Waals surface area (Å²) in [5.41, 5.74) is 2.91. The van der Waals surface area contributed by atoms with Crippen molar-refractivity contribution in [3.8, 4) is 22.6 Å². The van der Waals surface area contributed by atoms with Crippen LogP contribution in [0, 0.1) is 0 Å². The molecule has 1 amide bonds. The number of halogens is 3. The molecule has 208 valence electrons. The van der Waals surface area contributed by atoms with Gasteiger partial charge in [0.15, 0.2) is 0 Å². The second-order valence-electron chi connectivity index (χ2n) is 9.07. The number of rotatable bonds is 14. The number of carbonyl (C=O) groups excluding carboxylic acids is 1. The summed E-state index contributed by atoms with van der Waals surface area (Å²) >= 11 is 0. The Kier molecular flexibility index (Phi) is 10.8. The van der Waals surface area contributed by atoms with E-state index in [0.717, 1.165) is 48.8 Å². The molecule has 0 saturated carbocycles. The summed E-state index contributed by atoms with van der Waals surface area (Å²) in [7, 11) is 0. The summed E-state index contributed by atoms with van der Waals surface area (Å²) in [4.78, 5) is 22.9. The Bertz CT molecular complexity index is 1190. The highest BCUT2D eigenvalue weighted by Gasteiger charge is 2.31. The molecule has 3 aromatic carbocycles. The molecule has 0 spiro atoms. The number of unbranched alkanes of at least 4 members (excludes halogenated alkanes) is 3. The highest BCUT2D eigenvalue weighted by atomic mass is 19.4. The Balaban J connectivity index is 1.68. The number of hydrogen-bond acceptors (Lipinski definition) is 4. The Morgan fingerprint density at radius 1 is 0.846 bits per heavy atom. The maximum Gasteiger partial charge on any atom is 0.573 e. The first-order valence-electron chi connectivity index (χ1n) is 12.9. The highest BCUT2D eigenvalue weighted by molar-refractivity contribution is 5.94. The second kappa shape index (κ2) is 14.2. The van der Waals surface area contributed by atoms with Gasteiger partial charge in [-0.15, -0.1) is 13.2 Å². The van der Waals surface area contributed by atoms with E-state index >= 15 is 0 Å². The van der Waals surface area contributed by atoms with Crippen molar-refractivity contribution in [2.45, 2.75) is 57.9 Å². The Labute approximate surface area is 225 Å². The third-order valence-electron chi connectivity index (χ3n) is 6.04. The van der Waals surface area contributed by atoms with E-state index in [2.05, 4.69) is 17.0 Å². The third kappa shape index (κ3) is 10.00. The average Bonchev–Trinajstić information content (AvgIpc) is 2.90. The van der Waals surface area contributed by atoms with Crippen LogP contribution in [-0.2, 0) is 4.79 Å². The van der Waals surface area contributed by atoms with Gasteiger partial charge < -0.3 is 19.9 Å². The minimum absolute atomic E-state index is 0.0561. The van der Waals surface area contributed by atoms with E-state index < -0.39 is 12.3 Å². The van der Waals surface area contributed by atoms with Crippen LogP contribution < -0.4 is 14.8 Å². The molecular weight excluding hydrogens is 511 g/mol. The van der Waals surface area contributed by atoms with Crippen LogP contribution in [0.25, 0.3) is 11.1 Å². The van der Waals surface area contributed by atoms with Crippen LogP contribution in [0.3, 0.4) is 0 Å². The number of aliphatic carboxylic acids is 1. The zero-order chi connectivity index (χ0) is 28.3. The number of nitrogens with one attached hydrogen (secondary N) is 1. The summed E-state index contributed by atoms with van der Waals surface area (Å²) in [5, 5.41) is 11.3. The number of carboxylic acid groups (broad SMARTS) is 1. The van der Waals surface area contributed by atoms with E-state index in [1.807, 2.05) is 36.4 Å². The van der Waals surface area contributed by atoms with Crippen molar-refractivity contribution >= 4 is 11.9 Å². The van der Waals surface area contributed by atoms with E-state index in [1.165, 1.54) is 12.1 Å². The lowest BCUT2D eigenvalue weighted by Crippen LogP contribution is -2.26. The predicted molar refractivity (Wildman–Crippen MR) is 142 cm³/mol. The van der Waals surface area contributed by atoms with Gasteiger partial charge in [-0.05, 0) is 65.9 Å². The fraction of sp³-hybridized carbons (Fsp3) is 0.333. The molecule has 0 aliphatic carbocycles. The van der Waals surface area contributed by atoms with Gasteiger partial charge in [0.05, 0.1) is 6.42 Å². The van der Waals surface area contributed by atoms with Crippen molar-refractivity contribution in [3.05, 3.63) is 83.9 Å². The van der Waals surface area contributed by atoms with Crippen molar-refractivity contribution in [2.24, 2.45) is 0 Å². The Hall–Kier alpha value is -4.01. The molecule has 3 aromatic rings. The van der Waals surface area contributed by atoms with Crippen molar-refractivity contribution in [1.29, 1.82) is 0 Å². The maximum absolute atomic E-state index is 12.4. The molecular formula is C30H32F3NO5. The molecule has 2 N–H and O–H groups in total. The number of alkyl halides is 3. The van der Waals surface area contributed by atoms with Crippen LogP contribution in [0.1, 0.15) is 67.5 Å². The van der Waals surface area contributed by atoms with Crippen molar-refractivity contribution in [3.63, 3.8) is 0 Å². The average molecular weight is 544 g/mol. The second-order valence-corrected chi connectivity index (χ2v) is 9.07. The van der Waals surface area contributed by atoms with Crippen LogP contribution in [0.4, 0.5) is 13.2 Å². The van der Waals surface area contributed by atoms with Gasteiger partial charge in [-0.3, -0.25) is 9.59 Å². The van der Waals surface area contributed by atoms with Crippen LogP contribution in [0.5, 0.6) is 11.5 Å². The molecule has 0 aromatic heterocycles. The largest absolute Gasteiger partial charge is 0.573 e. The third-order valence-corrected chi connectivity index (χ3v) is 6.04. The Morgan fingerprint density at radius 2 is 1.44 bits per heavy atom. The zero-order valence-electron chi connectivity index (χ0n) is 21.7. The van der Waals surface area contributed by atoms with Gasteiger partial charge in [-0.25, -0.2) is 0 Å². The Morgan fingerprint density at radius 3 is 1.97 bits per heavy atom. The number of carboxylic acids is 1. The van der Waals surface area contributed by atoms with E-state index in [4.69, 9.17) is 9.84 Å². The first-order chi connectivity index (χ1) is 18.6. The zero-order valence-corrected chi connectivity index (χ0v) is 21.7. The van der Waals surface area contributed by atoms with Gasteiger partial charge in [-0.2, -0.15) is 0 Å². The number of benzene rings is 3. The highest BCUT2D eigenvalue weighted by Crippen LogP contribution is 2.31. The van der Waals surface area contributed by atoms with E-state index in [-0.39, 0.29) is 30.7 Å². The lowest BCUT2D eigenvalue weighted by molar-refractivity contribution is -0.274. The minimum Gasteiger partial charge on any atom is -0.486 e. The molecule has 0 fully saturated rings. The first-order valence-corrected chi connectivity index (χ1v) is 12.9. The summed E-state index contributed by atoms with van der Waals surface area (Å²) < 4.78 is 47.5. The number of amides is 1. The molecule has 6 nitrogen and oxygen atoms in total. The molecule has 0 radical (unpaired) electrons. The molecule has 1 unspecified atom stereocenters. The van der Waals surface area contributed by atoms with Crippen molar-refractivity contribution in [1.82, 2.24) is 5.32 Å². The van der Waals surface area contributed by atoms with Gasteiger partial charge in [0.25, 0.3) is 5.91 Å². The van der Waals surface area contributed by atoms with Gasteiger partial charge in [0.1, 0.15) is 17.6 Å². The van der Waals surface area contributed by atoms with Gasteiger partial charge in [-0.1, -0.05) is 62.6 Å². The summed E-state index contributed by atoms with van der Waals surface area (Å²) in [6.07, 6.45) is -0.0434. The fourth-order valence-electron chi connectivity index (χ4n) is 4.02. The van der Waals surface area contributed by atoms with E-state index in [0.29, 0.717) is 11.3 Å². The van der Waals surface area contributed by atoms with Crippen molar-refractivity contribution < 1.29 is 37.3 Å². The molecule has 3 rings (SSSR count). The smallest absolute Gasteiger partial charge is 0.486 e. The van der Waals surface area contributed by atoms with Crippen LogP contribution >= 0.6 is 0 Å². The van der Waals surface area contributed by atoms with Crippen LogP contribution in [0.15, 0.2) is 72.8 Å². The maximum atomic E-state index is 12.4. The summed E-state index contributed by atoms with van der Waals surface area (Å²) in [5.74, 6) is -0.945.